The van der Waals surface area contributed by atoms with Gasteiger partial charge in [0.15, 0.2) is 0 Å². The molecule has 0 aliphatic heterocycles. The van der Waals surface area contributed by atoms with Crippen molar-refractivity contribution in [3.63, 3.8) is 0 Å². The van der Waals surface area contributed by atoms with Crippen molar-refractivity contribution in [2.75, 3.05) is 6.61 Å². The van der Waals surface area contributed by atoms with Crippen LogP contribution in [0.1, 0.15) is 66.0 Å². The van der Waals surface area contributed by atoms with E-state index in [1.807, 2.05) is 20.0 Å². The molecule has 1 rings (SSSR count). The normalized spacial score (nSPS) is 9.10. The minimum Gasteiger partial charge on any atom is -0.396 e. The second-order valence-corrected chi connectivity index (χ2v) is 4.31. The molecule has 0 spiro atoms. The van der Waals surface area contributed by atoms with Crippen molar-refractivity contribution in [3.8, 4) is 0 Å². The van der Waals surface area contributed by atoms with Crippen LogP contribution in [0.2, 0.25) is 0 Å². The van der Waals surface area contributed by atoms with Gasteiger partial charge in [0.1, 0.15) is 5.78 Å². The van der Waals surface area contributed by atoms with Crippen LogP contribution in [0.3, 0.4) is 0 Å². The number of carbonyl (C=O) groups excluding carboxylic acids is 1. The van der Waals surface area contributed by atoms with E-state index in [2.05, 4.69) is 24.2 Å². The standard InChI is InChI=1S/C10H17N3O2.C3H8.C2H6/c1-9(15)4-2-3-6-13-8-10(5-7-14)11-12-13;1-3-2;1-2/h8,14H,2-7H2,1H3;3H2,1-2H3;1-2H3. The molecule has 0 saturated carbocycles. The van der Waals surface area contributed by atoms with Crippen LogP contribution in [0, 0.1) is 0 Å². The SMILES string of the molecule is CC.CC(=O)CCCCn1cc(CCO)nn1.CCC. The Morgan fingerprint density at radius 3 is 2.40 bits per heavy atom. The number of carbonyl (C=O) groups is 1. The van der Waals surface area contributed by atoms with Crippen LogP contribution in [-0.4, -0.2) is 32.5 Å². The van der Waals surface area contributed by atoms with Crippen molar-refractivity contribution in [1.29, 1.82) is 0 Å². The van der Waals surface area contributed by atoms with E-state index in [1.165, 1.54) is 6.42 Å². The Labute approximate surface area is 123 Å². The molecule has 1 aromatic rings. The van der Waals surface area contributed by atoms with E-state index in [4.69, 9.17) is 5.11 Å². The van der Waals surface area contributed by atoms with Crippen LogP contribution in [0.4, 0.5) is 0 Å². The lowest BCUT2D eigenvalue weighted by atomic mass is 10.2. The number of aliphatic hydroxyl groups excluding tert-OH is 1. The summed E-state index contributed by atoms with van der Waals surface area (Å²) in [5, 5.41) is 16.5. The molecule has 0 saturated heterocycles. The van der Waals surface area contributed by atoms with Crippen molar-refractivity contribution in [3.05, 3.63) is 11.9 Å². The zero-order chi connectivity index (χ0) is 15.8. The van der Waals surface area contributed by atoms with Gasteiger partial charge in [0, 0.05) is 32.2 Å². The smallest absolute Gasteiger partial charge is 0.129 e. The van der Waals surface area contributed by atoms with Crippen LogP contribution in [-0.2, 0) is 17.8 Å². The van der Waals surface area contributed by atoms with Crippen molar-refractivity contribution < 1.29 is 9.90 Å². The lowest BCUT2D eigenvalue weighted by Crippen LogP contribution is -2.00. The first-order chi connectivity index (χ1) is 9.63. The van der Waals surface area contributed by atoms with Gasteiger partial charge in [0.25, 0.3) is 0 Å². The summed E-state index contributed by atoms with van der Waals surface area (Å²) in [5.41, 5.74) is 0.809. The lowest BCUT2D eigenvalue weighted by Gasteiger charge is -1.98. The van der Waals surface area contributed by atoms with Crippen molar-refractivity contribution in [2.24, 2.45) is 0 Å². The number of aromatic nitrogens is 3. The minimum atomic E-state index is 0.100. The molecule has 0 amide bonds. The molecule has 0 aliphatic carbocycles. The Kier molecular flexibility index (Phi) is 16.7. The molecule has 5 nitrogen and oxygen atoms in total. The fraction of sp³-hybridized carbons (Fsp3) is 0.800. The van der Waals surface area contributed by atoms with Crippen LogP contribution in [0.15, 0.2) is 6.20 Å². The molecule has 0 atom stereocenters. The quantitative estimate of drug-likeness (QED) is 0.782. The van der Waals surface area contributed by atoms with Crippen molar-refractivity contribution in [1.82, 2.24) is 15.0 Å². The Morgan fingerprint density at radius 2 is 1.90 bits per heavy atom. The molecule has 1 heterocycles. The van der Waals surface area contributed by atoms with Crippen molar-refractivity contribution in [2.45, 2.75) is 73.3 Å². The summed E-state index contributed by atoms with van der Waals surface area (Å²) >= 11 is 0. The predicted octanol–water partition coefficient (Wildman–Crippen LogP) is 3.01. The molecular formula is C15H31N3O2. The van der Waals surface area contributed by atoms with Gasteiger partial charge in [-0.3, -0.25) is 4.68 Å². The van der Waals surface area contributed by atoms with Gasteiger partial charge in [0.05, 0.1) is 5.69 Å². The number of aliphatic hydroxyl groups is 1. The average Bonchev–Trinajstić information content (AvgIpc) is 2.86. The van der Waals surface area contributed by atoms with Crippen LogP contribution >= 0.6 is 0 Å². The summed E-state index contributed by atoms with van der Waals surface area (Å²) < 4.78 is 1.76. The Hall–Kier alpha value is -1.23. The maximum atomic E-state index is 10.7. The second-order valence-electron chi connectivity index (χ2n) is 4.31. The summed E-state index contributed by atoms with van der Waals surface area (Å²) in [4.78, 5) is 10.7. The van der Waals surface area contributed by atoms with Crippen molar-refractivity contribution >= 4 is 5.78 Å². The Morgan fingerprint density at radius 1 is 1.30 bits per heavy atom. The number of hydrogen-bond donors (Lipinski definition) is 1. The maximum absolute atomic E-state index is 10.7. The van der Waals surface area contributed by atoms with E-state index < -0.39 is 0 Å². The molecule has 5 heteroatoms. The van der Waals surface area contributed by atoms with E-state index >= 15 is 0 Å². The number of unbranched alkanes of at least 4 members (excludes halogenated alkanes) is 1. The summed E-state index contributed by atoms with van der Waals surface area (Å²) in [6, 6.07) is 0. The highest BCUT2D eigenvalue weighted by molar-refractivity contribution is 5.75. The van der Waals surface area contributed by atoms with Crippen LogP contribution in [0.25, 0.3) is 0 Å². The highest BCUT2D eigenvalue weighted by Crippen LogP contribution is 2.00. The molecule has 0 aromatic carbocycles. The maximum Gasteiger partial charge on any atom is 0.129 e. The number of hydrogen-bond acceptors (Lipinski definition) is 4. The third kappa shape index (κ3) is 13.2. The van der Waals surface area contributed by atoms with Crippen LogP contribution in [0.5, 0.6) is 0 Å². The average molecular weight is 285 g/mol. The summed E-state index contributed by atoms with van der Waals surface area (Å²) in [7, 11) is 0. The number of ketones is 1. The second kappa shape index (κ2) is 15.8. The third-order valence-corrected chi connectivity index (χ3v) is 2.12. The monoisotopic (exact) mass is 285 g/mol. The molecule has 20 heavy (non-hydrogen) atoms. The fourth-order valence-corrected chi connectivity index (χ4v) is 1.32. The highest BCUT2D eigenvalue weighted by Gasteiger charge is 2.00. The third-order valence-electron chi connectivity index (χ3n) is 2.12. The molecule has 0 unspecified atom stereocenters. The van der Waals surface area contributed by atoms with E-state index in [0.717, 1.165) is 25.1 Å². The largest absolute Gasteiger partial charge is 0.396 e. The topological polar surface area (TPSA) is 68.0 Å². The summed E-state index contributed by atoms with van der Waals surface area (Å²) in [5.74, 6) is 0.231. The number of nitrogens with zero attached hydrogens (tertiary/aromatic N) is 3. The van der Waals surface area contributed by atoms with E-state index in [9.17, 15) is 4.79 Å². The molecule has 0 fully saturated rings. The van der Waals surface area contributed by atoms with E-state index in [0.29, 0.717) is 12.8 Å². The first kappa shape index (κ1) is 21.1. The molecule has 0 radical (unpaired) electrons. The van der Waals surface area contributed by atoms with Crippen LogP contribution < -0.4 is 0 Å². The summed E-state index contributed by atoms with van der Waals surface area (Å²) in [6.45, 7) is 10.7. The Bertz CT molecular complexity index is 325. The number of rotatable bonds is 7. The van der Waals surface area contributed by atoms with E-state index in [1.54, 1.807) is 11.6 Å². The van der Waals surface area contributed by atoms with Gasteiger partial charge in [-0.15, -0.1) is 5.10 Å². The van der Waals surface area contributed by atoms with Gasteiger partial charge >= 0.3 is 0 Å². The number of aryl methyl sites for hydroxylation is 1. The molecule has 1 N–H and O–H groups in total. The first-order valence-corrected chi connectivity index (χ1v) is 7.63. The lowest BCUT2D eigenvalue weighted by molar-refractivity contribution is -0.117. The van der Waals surface area contributed by atoms with Gasteiger partial charge in [-0.1, -0.05) is 39.3 Å². The van der Waals surface area contributed by atoms with Gasteiger partial charge < -0.3 is 9.90 Å². The number of Topliss-reactive ketones (excluding diaryl/α,β-unsaturated/α-hetero) is 1. The molecule has 1 aromatic heterocycles. The first-order valence-electron chi connectivity index (χ1n) is 7.63. The molecular weight excluding hydrogens is 254 g/mol. The Balaban J connectivity index is 0. The van der Waals surface area contributed by atoms with Gasteiger partial charge in [0.2, 0.25) is 0 Å². The molecule has 0 aliphatic rings. The zero-order valence-electron chi connectivity index (χ0n) is 13.7. The molecule has 0 bridgehead atoms. The van der Waals surface area contributed by atoms with Gasteiger partial charge in [-0.25, -0.2) is 0 Å². The minimum absolute atomic E-state index is 0.100. The molecule has 118 valence electrons. The summed E-state index contributed by atoms with van der Waals surface area (Å²) in [6.07, 6.45) is 6.10. The van der Waals surface area contributed by atoms with E-state index in [-0.39, 0.29) is 12.4 Å². The highest BCUT2D eigenvalue weighted by atomic mass is 16.3. The predicted molar refractivity (Wildman–Crippen MR) is 82.7 cm³/mol. The zero-order valence-corrected chi connectivity index (χ0v) is 13.7. The van der Waals surface area contributed by atoms with Gasteiger partial charge in [-0.2, -0.15) is 0 Å². The fourth-order valence-electron chi connectivity index (χ4n) is 1.32. The van der Waals surface area contributed by atoms with Gasteiger partial charge in [-0.05, 0) is 19.8 Å².